The summed E-state index contributed by atoms with van der Waals surface area (Å²) in [7, 11) is 0. The summed E-state index contributed by atoms with van der Waals surface area (Å²) in [6.45, 7) is 10.2. The van der Waals surface area contributed by atoms with Gasteiger partial charge in [-0.15, -0.1) is 0 Å². The lowest BCUT2D eigenvalue weighted by Crippen LogP contribution is -2.46. The lowest BCUT2D eigenvalue weighted by Gasteiger charge is -2.36. The van der Waals surface area contributed by atoms with Crippen molar-refractivity contribution in [3.63, 3.8) is 0 Å². The predicted molar refractivity (Wildman–Crippen MR) is 78.1 cm³/mol. The number of aryl methyl sites for hydroxylation is 1. The summed E-state index contributed by atoms with van der Waals surface area (Å²) in [5.41, 5.74) is 4.16. The highest BCUT2D eigenvalue weighted by atomic mass is 79.9. The zero-order valence-corrected chi connectivity index (χ0v) is 12.3. The van der Waals surface area contributed by atoms with Crippen molar-refractivity contribution in [1.29, 1.82) is 0 Å². The Kier molecular flexibility index (Phi) is 4.46. The third kappa shape index (κ3) is 3.02. The Balaban J connectivity index is 2.12. The zero-order valence-electron chi connectivity index (χ0n) is 10.7. The Labute approximate surface area is 113 Å². The van der Waals surface area contributed by atoms with Gasteiger partial charge in [-0.1, -0.05) is 40.5 Å². The maximum absolute atomic E-state index is 3.60. The van der Waals surface area contributed by atoms with Crippen LogP contribution in [0.4, 0.5) is 5.69 Å². The van der Waals surface area contributed by atoms with E-state index < -0.39 is 0 Å². The van der Waals surface area contributed by atoms with Crippen LogP contribution in [0.5, 0.6) is 0 Å². The Bertz CT molecular complexity index is 370. The maximum Gasteiger partial charge on any atom is 0.0408 e. The molecule has 0 aromatic heterocycles. The quantitative estimate of drug-likeness (QED) is 0.791. The molecule has 0 aliphatic carbocycles. The first-order valence-corrected chi connectivity index (χ1v) is 7.49. The van der Waals surface area contributed by atoms with E-state index in [1.807, 2.05) is 0 Å². The summed E-state index contributed by atoms with van der Waals surface area (Å²) in [6.07, 6.45) is 0. The van der Waals surface area contributed by atoms with Crippen LogP contribution >= 0.6 is 15.9 Å². The first-order chi connectivity index (χ1) is 8.24. The second kappa shape index (κ2) is 5.87. The molecule has 3 heteroatoms. The summed E-state index contributed by atoms with van der Waals surface area (Å²) in [5, 5.41) is 0.942. The molecule has 0 atom stereocenters. The van der Waals surface area contributed by atoms with Crippen LogP contribution in [-0.2, 0) is 5.33 Å². The fraction of sp³-hybridized carbons (Fsp3) is 0.571. The van der Waals surface area contributed by atoms with Crippen molar-refractivity contribution in [3.8, 4) is 0 Å². The van der Waals surface area contributed by atoms with E-state index in [1.54, 1.807) is 0 Å². The highest BCUT2D eigenvalue weighted by molar-refractivity contribution is 9.08. The lowest BCUT2D eigenvalue weighted by molar-refractivity contribution is 0.271. The van der Waals surface area contributed by atoms with Gasteiger partial charge in [0.25, 0.3) is 0 Å². The molecule has 1 aromatic carbocycles. The first kappa shape index (κ1) is 12.9. The standard InChI is InChI=1S/C14H21BrN2/c1-3-16-6-8-17(9-7-16)14-5-4-12(2)10-13(14)11-15/h4-5,10H,3,6-9,11H2,1-2H3. The number of nitrogens with zero attached hydrogens (tertiary/aromatic N) is 2. The minimum Gasteiger partial charge on any atom is -0.369 e. The summed E-state index contributed by atoms with van der Waals surface area (Å²) < 4.78 is 0. The Morgan fingerprint density at radius 1 is 1.18 bits per heavy atom. The van der Waals surface area contributed by atoms with Crippen molar-refractivity contribution < 1.29 is 0 Å². The van der Waals surface area contributed by atoms with Gasteiger partial charge in [-0.2, -0.15) is 0 Å². The van der Waals surface area contributed by atoms with Gasteiger partial charge >= 0.3 is 0 Å². The van der Waals surface area contributed by atoms with Crippen molar-refractivity contribution in [2.45, 2.75) is 19.2 Å². The van der Waals surface area contributed by atoms with Crippen LogP contribution in [-0.4, -0.2) is 37.6 Å². The largest absolute Gasteiger partial charge is 0.369 e. The van der Waals surface area contributed by atoms with Crippen LogP contribution in [0.15, 0.2) is 18.2 Å². The molecular formula is C14H21BrN2. The molecule has 1 aliphatic rings. The second-order valence-corrected chi connectivity index (χ2v) is 5.25. The van der Waals surface area contributed by atoms with Crippen LogP contribution in [0.2, 0.25) is 0 Å². The molecule has 2 nitrogen and oxygen atoms in total. The van der Waals surface area contributed by atoms with Crippen molar-refractivity contribution in [2.75, 3.05) is 37.6 Å². The van der Waals surface area contributed by atoms with Gasteiger partial charge in [-0.05, 0) is 25.1 Å². The molecule has 0 unspecified atom stereocenters. The van der Waals surface area contributed by atoms with Crippen LogP contribution in [0.3, 0.4) is 0 Å². The molecule has 2 rings (SSSR count). The molecule has 0 saturated carbocycles. The molecule has 1 aromatic rings. The van der Waals surface area contributed by atoms with Gasteiger partial charge in [-0.3, -0.25) is 0 Å². The first-order valence-electron chi connectivity index (χ1n) is 6.37. The van der Waals surface area contributed by atoms with E-state index in [0.717, 1.165) is 18.4 Å². The maximum atomic E-state index is 3.60. The average Bonchev–Trinajstić information content (AvgIpc) is 2.39. The average molecular weight is 297 g/mol. The summed E-state index contributed by atoms with van der Waals surface area (Å²) in [5.74, 6) is 0. The van der Waals surface area contributed by atoms with Gasteiger partial charge in [-0.25, -0.2) is 0 Å². The molecule has 1 heterocycles. The van der Waals surface area contributed by atoms with Crippen LogP contribution in [0.1, 0.15) is 18.1 Å². The number of piperazine rings is 1. The van der Waals surface area contributed by atoms with Crippen LogP contribution < -0.4 is 4.90 Å². The Hall–Kier alpha value is -0.540. The molecule has 0 amide bonds. The normalized spacial score (nSPS) is 17.5. The molecule has 0 N–H and O–H groups in total. The van der Waals surface area contributed by atoms with Crippen molar-refractivity contribution in [2.24, 2.45) is 0 Å². The fourth-order valence-electron chi connectivity index (χ4n) is 2.43. The summed E-state index contributed by atoms with van der Waals surface area (Å²) >= 11 is 3.60. The zero-order chi connectivity index (χ0) is 12.3. The van der Waals surface area contributed by atoms with Gasteiger partial charge in [0.2, 0.25) is 0 Å². The van der Waals surface area contributed by atoms with Crippen molar-refractivity contribution >= 4 is 21.6 Å². The molecule has 94 valence electrons. The number of benzene rings is 1. The number of hydrogen-bond acceptors (Lipinski definition) is 2. The van der Waals surface area contributed by atoms with E-state index >= 15 is 0 Å². The Morgan fingerprint density at radius 3 is 2.47 bits per heavy atom. The number of rotatable bonds is 3. The van der Waals surface area contributed by atoms with Gasteiger partial charge in [0, 0.05) is 37.2 Å². The van der Waals surface area contributed by atoms with Gasteiger partial charge in [0.05, 0.1) is 0 Å². The summed E-state index contributed by atoms with van der Waals surface area (Å²) in [4.78, 5) is 5.03. The molecule has 17 heavy (non-hydrogen) atoms. The molecule has 0 radical (unpaired) electrons. The smallest absolute Gasteiger partial charge is 0.0408 e. The fourth-order valence-corrected chi connectivity index (χ4v) is 2.88. The highest BCUT2D eigenvalue weighted by Crippen LogP contribution is 2.25. The summed E-state index contributed by atoms with van der Waals surface area (Å²) in [6, 6.07) is 6.78. The Morgan fingerprint density at radius 2 is 1.88 bits per heavy atom. The minimum atomic E-state index is 0.942. The van der Waals surface area contributed by atoms with E-state index in [1.165, 1.54) is 36.4 Å². The highest BCUT2D eigenvalue weighted by Gasteiger charge is 2.17. The number of alkyl halides is 1. The SMILES string of the molecule is CCN1CCN(c2ccc(C)cc2CBr)CC1. The second-order valence-electron chi connectivity index (χ2n) is 4.69. The number of hydrogen-bond donors (Lipinski definition) is 0. The third-order valence-corrected chi connectivity index (χ3v) is 4.14. The van der Waals surface area contributed by atoms with Gasteiger partial charge < -0.3 is 9.80 Å². The topological polar surface area (TPSA) is 6.48 Å². The third-order valence-electron chi connectivity index (χ3n) is 3.54. The van der Waals surface area contributed by atoms with E-state index in [-0.39, 0.29) is 0 Å². The molecule has 1 aliphatic heterocycles. The van der Waals surface area contributed by atoms with E-state index in [9.17, 15) is 0 Å². The van der Waals surface area contributed by atoms with Gasteiger partial charge in [0.1, 0.15) is 0 Å². The molecule has 1 fully saturated rings. The predicted octanol–water partition coefficient (Wildman–Crippen LogP) is 3.03. The van der Waals surface area contributed by atoms with E-state index in [2.05, 4.69) is 57.8 Å². The molecular weight excluding hydrogens is 276 g/mol. The van der Waals surface area contributed by atoms with Crippen molar-refractivity contribution in [1.82, 2.24) is 4.90 Å². The minimum absolute atomic E-state index is 0.942. The van der Waals surface area contributed by atoms with E-state index in [4.69, 9.17) is 0 Å². The molecule has 0 bridgehead atoms. The molecule has 1 saturated heterocycles. The number of likely N-dealkylation sites (N-methyl/N-ethyl adjacent to an activating group) is 1. The van der Waals surface area contributed by atoms with Crippen LogP contribution in [0.25, 0.3) is 0 Å². The lowest BCUT2D eigenvalue weighted by atomic mass is 10.1. The number of anilines is 1. The molecule has 0 spiro atoms. The monoisotopic (exact) mass is 296 g/mol. The van der Waals surface area contributed by atoms with Crippen molar-refractivity contribution in [3.05, 3.63) is 29.3 Å². The van der Waals surface area contributed by atoms with Gasteiger partial charge in [0.15, 0.2) is 0 Å². The van der Waals surface area contributed by atoms with Crippen LogP contribution in [0, 0.1) is 6.92 Å². The number of halogens is 1. The van der Waals surface area contributed by atoms with E-state index in [0.29, 0.717) is 0 Å².